The first-order valence-electron chi connectivity index (χ1n) is 6.99. The Morgan fingerprint density at radius 2 is 2.00 bits per heavy atom. The van der Waals surface area contributed by atoms with Gasteiger partial charge in [0.15, 0.2) is 0 Å². The Bertz CT molecular complexity index is 695. The minimum absolute atomic E-state index is 0.0106. The predicted molar refractivity (Wildman–Crippen MR) is 77.0 cm³/mol. The molecule has 2 aliphatic heterocycles. The topological polar surface area (TPSA) is 108 Å². The van der Waals surface area contributed by atoms with Gasteiger partial charge in [0.2, 0.25) is 0 Å². The number of carbonyl (C=O) groups is 2. The standard InChI is InChI=1S/C15H16N2O5/c1-6(2)7-3-8(11(19)4-10(7)18)13-12-9(5-22-14(12)20)16-15(21)17-13/h3-4,6,12-13,18-19H,5H2,1-2H3,(H,17,21). The van der Waals surface area contributed by atoms with Crippen molar-refractivity contribution in [3.05, 3.63) is 23.3 Å². The van der Waals surface area contributed by atoms with Crippen molar-refractivity contribution in [1.82, 2.24) is 5.32 Å². The molecule has 0 bridgehead atoms. The number of aromatic hydroxyl groups is 2. The molecule has 2 heterocycles. The van der Waals surface area contributed by atoms with Gasteiger partial charge in [-0.1, -0.05) is 13.8 Å². The van der Waals surface area contributed by atoms with Gasteiger partial charge >= 0.3 is 12.0 Å². The number of urea groups is 1. The Morgan fingerprint density at radius 3 is 2.68 bits per heavy atom. The number of aliphatic imine (C=N–C) groups is 1. The largest absolute Gasteiger partial charge is 0.508 e. The molecular weight excluding hydrogens is 288 g/mol. The summed E-state index contributed by atoms with van der Waals surface area (Å²) in [5.74, 6) is -1.42. The van der Waals surface area contributed by atoms with E-state index in [9.17, 15) is 19.8 Å². The van der Waals surface area contributed by atoms with Crippen molar-refractivity contribution in [3.8, 4) is 11.5 Å². The number of esters is 1. The van der Waals surface area contributed by atoms with Gasteiger partial charge in [-0.15, -0.1) is 0 Å². The summed E-state index contributed by atoms with van der Waals surface area (Å²) in [7, 11) is 0. The maximum Gasteiger partial charge on any atom is 0.341 e. The van der Waals surface area contributed by atoms with Crippen LogP contribution >= 0.6 is 0 Å². The summed E-state index contributed by atoms with van der Waals surface area (Å²) in [5, 5.41) is 22.6. The fourth-order valence-corrected chi connectivity index (χ4v) is 2.85. The van der Waals surface area contributed by atoms with Crippen LogP contribution in [-0.2, 0) is 9.53 Å². The van der Waals surface area contributed by atoms with E-state index in [1.54, 1.807) is 6.07 Å². The van der Waals surface area contributed by atoms with Crippen LogP contribution in [0.2, 0.25) is 0 Å². The fraction of sp³-hybridized carbons (Fsp3) is 0.400. The molecule has 3 rings (SSSR count). The summed E-state index contributed by atoms with van der Waals surface area (Å²) in [4.78, 5) is 27.4. The minimum atomic E-state index is -0.756. The summed E-state index contributed by atoms with van der Waals surface area (Å²) >= 11 is 0. The van der Waals surface area contributed by atoms with E-state index in [0.717, 1.165) is 0 Å². The number of hydrogen-bond acceptors (Lipinski definition) is 5. The normalized spacial score (nSPS) is 23.9. The zero-order valence-corrected chi connectivity index (χ0v) is 12.2. The summed E-state index contributed by atoms with van der Waals surface area (Å²) in [6.07, 6.45) is 0. The summed E-state index contributed by atoms with van der Waals surface area (Å²) in [5.41, 5.74) is 1.35. The van der Waals surface area contributed by atoms with E-state index < -0.39 is 24.0 Å². The molecule has 22 heavy (non-hydrogen) atoms. The van der Waals surface area contributed by atoms with Crippen LogP contribution in [0.1, 0.15) is 36.9 Å². The second-order valence-electron chi connectivity index (χ2n) is 5.74. The molecule has 1 saturated heterocycles. The SMILES string of the molecule is CC(C)c1cc(C2NC(=O)N=C3COC(=O)C32)c(O)cc1O. The number of benzene rings is 1. The van der Waals surface area contributed by atoms with Crippen LogP contribution in [0.25, 0.3) is 0 Å². The highest BCUT2D eigenvalue weighted by Crippen LogP contribution is 2.40. The Kier molecular flexibility index (Phi) is 3.27. The van der Waals surface area contributed by atoms with Crippen molar-refractivity contribution >= 4 is 17.7 Å². The van der Waals surface area contributed by atoms with Crippen molar-refractivity contribution in [1.29, 1.82) is 0 Å². The highest BCUT2D eigenvalue weighted by atomic mass is 16.5. The monoisotopic (exact) mass is 304 g/mol. The zero-order valence-electron chi connectivity index (χ0n) is 12.2. The molecule has 0 saturated carbocycles. The quantitative estimate of drug-likeness (QED) is 0.719. The van der Waals surface area contributed by atoms with E-state index in [1.165, 1.54) is 6.07 Å². The Balaban J connectivity index is 2.10. The lowest BCUT2D eigenvalue weighted by Gasteiger charge is -2.27. The number of nitrogens with one attached hydrogen (secondary N) is 1. The third-order valence-corrected chi connectivity index (χ3v) is 3.97. The molecule has 2 unspecified atom stereocenters. The second kappa shape index (κ2) is 5.01. The van der Waals surface area contributed by atoms with Crippen molar-refractivity contribution in [2.24, 2.45) is 10.9 Å². The number of cyclic esters (lactones) is 1. The molecule has 2 amide bonds. The van der Waals surface area contributed by atoms with Crippen LogP contribution in [0, 0.1) is 5.92 Å². The number of amides is 2. The summed E-state index contributed by atoms with van der Waals surface area (Å²) < 4.78 is 4.95. The van der Waals surface area contributed by atoms with E-state index in [2.05, 4.69) is 10.3 Å². The molecule has 1 aromatic rings. The number of rotatable bonds is 2. The van der Waals surface area contributed by atoms with Crippen LogP contribution < -0.4 is 5.32 Å². The Labute approximate surface area is 126 Å². The number of phenolic OH excluding ortho intramolecular Hbond substituents is 2. The molecule has 2 atom stereocenters. The molecule has 0 spiro atoms. The van der Waals surface area contributed by atoms with Gasteiger partial charge in [-0.3, -0.25) is 4.79 Å². The predicted octanol–water partition coefficient (Wildman–Crippen LogP) is 1.60. The summed E-state index contributed by atoms with van der Waals surface area (Å²) in [6.45, 7) is 3.78. The molecule has 1 aromatic carbocycles. The third-order valence-electron chi connectivity index (χ3n) is 3.97. The number of ether oxygens (including phenoxy) is 1. The number of fused-ring (bicyclic) bond motifs is 1. The van der Waals surface area contributed by atoms with Crippen molar-refractivity contribution in [3.63, 3.8) is 0 Å². The average Bonchev–Trinajstić information content (AvgIpc) is 2.79. The molecule has 2 aliphatic rings. The molecule has 3 N–H and O–H groups in total. The fourth-order valence-electron chi connectivity index (χ4n) is 2.85. The van der Waals surface area contributed by atoms with Gasteiger partial charge in [0.1, 0.15) is 24.0 Å². The van der Waals surface area contributed by atoms with Crippen molar-refractivity contribution in [2.75, 3.05) is 6.61 Å². The first-order chi connectivity index (χ1) is 10.4. The molecule has 0 aromatic heterocycles. The molecule has 7 heteroatoms. The maximum absolute atomic E-state index is 11.9. The van der Waals surface area contributed by atoms with Crippen LogP contribution in [-0.4, -0.2) is 34.5 Å². The third kappa shape index (κ3) is 2.18. The number of hydrogen-bond donors (Lipinski definition) is 3. The van der Waals surface area contributed by atoms with E-state index in [1.807, 2.05) is 13.8 Å². The molecule has 7 nitrogen and oxygen atoms in total. The van der Waals surface area contributed by atoms with Crippen LogP contribution in [0.5, 0.6) is 11.5 Å². The molecule has 1 fully saturated rings. The Hall–Kier alpha value is -2.57. The highest BCUT2D eigenvalue weighted by molar-refractivity contribution is 6.13. The van der Waals surface area contributed by atoms with Gasteiger partial charge in [-0.25, -0.2) is 4.79 Å². The number of phenols is 2. The molecule has 0 aliphatic carbocycles. The van der Waals surface area contributed by atoms with Crippen LogP contribution in [0.3, 0.4) is 0 Å². The lowest BCUT2D eigenvalue weighted by Crippen LogP contribution is -2.41. The first kappa shape index (κ1) is 14.4. The van der Waals surface area contributed by atoms with Crippen molar-refractivity contribution < 1.29 is 24.5 Å². The van der Waals surface area contributed by atoms with Gasteiger partial charge in [-0.05, 0) is 17.5 Å². The van der Waals surface area contributed by atoms with Gasteiger partial charge < -0.3 is 20.3 Å². The Morgan fingerprint density at radius 1 is 1.27 bits per heavy atom. The van der Waals surface area contributed by atoms with E-state index in [-0.39, 0.29) is 24.0 Å². The van der Waals surface area contributed by atoms with Gasteiger partial charge in [0.25, 0.3) is 0 Å². The number of carbonyl (C=O) groups excluding carboxylic acids is 2. The molecule has 0 radical (unpaired) electrons. The average molecular weight is 304 g/mol. The van der Waals surface area contributed by atoms with E-state index in [4.69, 9.17) is 4.74 Å². The zero-order chi connectivity index (χ0) is 16.0. The lowest BCUT2D eigenvalue weighted by molar-refractivity contribution is -0.141. The van der Waals surface area contributed by atoms with Crippen molar-refractivity contribution in [2.45, 2.75) is 25.8 Å². The van der Waals surface area contributed by atoms with Gasteiger partial charge in [-0.2, -0.15) is 4.99 Å². The van der Waals surface area contributed by atoms with Gasteiger partial charge in [0, 0.05) is 11.6 Å². The molecule has 116 valence electrons. The van der Waals surface area contributed by atoms with Gasteiger partial charge in [0.05, 0.1) is 11.8 Å². The highest BCUT2D eigenvalue weighted by Gasteiger charge is 2.45. The first-order valence-corrected chi connectivity index (χ1v) is 6.99. The smallest absolute Gasteiger partial charge is 0.341 e. The lowest BCUT2D eigenvalue weighted by atomic mass is 9.86. The van der Waals surface area contributed by atoms with E-state index in [0.29, 0.717) is 16.8 Å². The maximum atomic E-state index is 11.9. The minimum Gasteiger partial charge on any atom is -0.508 e. The van der Waals surface area contributed by atoms with Crippen LogP contribution in [0.4, 0.5) is 4.79 Å². The van der Waals surface area contributed by atoms with Crippen LogP contribution in [0.15, 0.2) is 17.1 Å². The second-order valence-corrected chi connectivity index (χ2v) is 5.74. The molecular formula is C15H16N2O5. The van der Waals surface area contributed by atoms with E-state index >= 15 is 0 Å². The summed E-state index contributed by atoms with van der Waals surface area (Å²) in [6, 6.07) is 1.50. The number of nitrogens with zero attached hydrogens (tertiary/aromatic N) is 1.